The van der Waals surface area contributed by atoms with Crippen molar-refractivity contribution in [2.45, 2.75) is 51.8 Å². The van der Waals surface area contributed by atoms with Crippen LogP contribution in [-0.4, -0.2) is 36.6 Å². The third kappa shape index (κ3) is 4.02. The Bertz CT molecular complexity index is 502. The van der Waals surface area contributed by atoms with E-state index in [0.29, 0.717) is 0 Å². The van der Waals surface area contributed by atoms with Crippen molar-refractivity contribution >= 4 is 11.7 Å². The van der Waals surface area contributed by atoms with Crippen LogP contribution in [0.4, 0.5) is 5.82 Å². The highest BCUT2D eigenvalue weighted by Gasteiger charge is 2.36. The number of hydrogen-bond donors (Lipinski definition) is 2. The van der Waals surface area contributed by atoms with Gasteiger partial charge in [0.05, 0.1) is 11.1 Å². The number of amides is 1. The summed E-state index contributed by atoms with van der Waals surface area (Å²) in [5, 5.41) is 23.2. The number of rotatable bonds is 6. The number of hydrogen-bond acceptors (Lipinski definition) is 5. The number of nitro groups is 1. The summed E-state index contributed by atoms with van der Waals surface area (Å²) in [4.78, 5) is 25.3. The van der Waals surface area contributed by atoms with E-state index in [1.54, 1.807) is 27.7 Å². The summed E-state index contributed by atoms with van der Waals surface area (Å²) in [7, 11) is 0. The van der Waals surface area contributed by atoms with Gasteiger partial charge in [0.2, 0.25) is 12.2 Å². The quantitative estimate of drug-likeness (QED) is 0.594. The predicted octanol–water partition coefficient (Wildman–Crippen LogP) is 0.847. The van der Waals surface area contributed by atoms with E-state index in [0.717, 1.165) is 0 Å². The van der Waals surface area contributed by atoms with E-state index in [-0.39, 0.29) is 24.7 Å². The fraction of sp³-hybridized carbons (Fsp3) is 0.667. The number of carbonyl (C=O) groups excluding carboxylic acids is 1. The topological polar surface area (TPSA) is 110 Å². The second-order valence-electron chi connectivity index (χ2n) is 5.71. The lowest BCUT2D eigenvalue weighted by Crippen LogP contribution is -2.57. The van der Waals surface area contributed by atoms with E-state index < -0.39 is 16.1 Å². The normalized spacial score (nSPS) is 12.2. The van der Waals surface area contributed by atoms with Crippen molar-refractivity contribution in [2.75, 3.05) is 0 Å². The molecule has 0 atom stereocenters. The third-order valence-corrected chi connectivity index (χ3v) is 3.39. The molecule has 0 saturated heterocycles. The average Bonchev–Trinajstić information content (AvgIpc) is 2.72. The van der Waals surface area contributed by atoms with Crippen molar-refractivity contribution in [3.05, 3.63) is 22.6 Å². The first-order chi connectivity index (χ1) is 9.03. The van der Waals surface area contributed by atoms with Gasteiger partial charge in [-0.15, -0.1) is 0 Å². The van der Waals surface area contributed by atoms with E-state index in [9.17, 15) is 20.0 Å². The van der Waals surface area contributed by atoms with Crippen LogP contribution in [0.25, 0.3) is 0 Å². The number of aromatic nitrogens is 2. The Hall–Kier alpha value is -1.96. The standard InChI is InChI=1S/C12H20N4O4/c1-11(2,12(3,4)18)14-10(17)5-6-15-7-9(13-8-15)16(19)20/h7-8,18H,5-6H2,1-4H3,(H,14,17). The van der Waals surface area contributed by atoms with Crippen LogP contribution < -0.4 is 5.32 Å². The van der Waals surface area contributed by atoms with Crippen LogP contribution >= 0.6 is 0 Å². The second-order valence-corrected chi connectivity index (χ2v) is 5.71. The molecule has 8 heteroatoms. The summed E-state index contributed by atoms with van der Waals surface area (Å²) in [5.41, 5.74) is -1.83. The Morgan fingerprint density at radius 3 is 2.55 bits per heavy atom. The summed E-state index contributed by atoms with van der Waals surface area (Å²) in [5.74, 6) is -0.490. The molecule has 2 N–H and O–H groups in total. The van der Waals surface area contributed by atoms with Gasteiger partial charge in [-0.25, -0.2) is 0 Å². The fourth-order valence-corrected chi connectivity index (χ4v) is 1.36. The summed E-state index contributed by atoms with van der Waals surface area (Å²) >= 11 is 0. The molecule has 0 bridgehead atoms. The molecule has 1 amide bonds. The lowest BCUT2D eigenvalue weighted by Gasteiger charge is -2.38. The first-order valence-corrected chi connectivity index (χ1v) is 6.22. The Morgan fingerprint density at radius 2 is 2.10 bits per heavy atom. The van der Waals surface area contributed by atoms with E-state index in [4.69, 9.17) is 0 Å². The van der Waals surface area contributed by atoms with Gasteiger partial charge in [0.15, 0.2) is 0 Å². The molecular formula is C12H20N4O4. The number of aryl methyl sites for hydroxylation is 1. The SMILES string of the molecule is CC(C)(O)C(C)(C)NC(=O)CCn1cnc([N+](=O)[O-])c1. The van der Waals surface area contributed by atoms with E-state index in [1.165, 1.54) is 17.1 Å². The minimum absolute atomic E-state index is 0.146. The molecule has 0 fully saturated rings. The highest BCUT2D eigenvalue weighted by Crippen LogP contribution is 2.20. The molecule has 20 heavy (non-hydrogen) atoms. The van der Waals surface area contributed by atoms with Crippen molar-refractivity contribution in [1.82, 2.24) is 14.9 Å². The number of imidazole rings is 1. The van der Waals surface area contributed by atoms with Crippen molar-refractivity contribution in [3.63, 3.8) is 0 Å². The van der Waals surface area contributed by atoms with Crippen LogP contribution in [0.15, 0.2) is 12.5 Å². The Morgan fingerprint density at radius 1 is 1.50 bits per heavy atom. The highest BCUT2D eigenvalue weighted by molar-refractivity contribution is 5.76. The molecule has 1 rings (SSSR count). The maximum atomic E-state index is 11.8. The fourth-order valence-electron chi connectivity index (χ4n) is 1.36. The highest BCUT2D eigenvalue weighted by atomic mass is 16.6. The molecule has 0 saturated carbocycles. The van der Waals surface area contributed by atoms with Gasteiger partial charge < -0.3 is 25.1 Å². The summed E-state index contributed by atoms with van der Waals surface area (Å²) < 4.78 is 1.48. The van der Waals surface area contributed by atoms with E-state index in [2.05, 4.69) is 10.3 Å². The third-order valence-electron chi connectivity index (χ3n) is 3.39. The van der Waals surface area contributed by atoms with Crippen LogP contribution in [-0.2, 0) is 11.3 Å². The minimum atomic E-state index is -1.06. The summed E-state index contributed by atoms with van der Waals surface area (Å²) in [6.45, 7) is 6.98. The maximum Gasteiger partial charge on any atom is 0.381 e. The van der Waals surface area contributed by atoms with E-state index >= 15 is 0 Å². The zero-order valence-corrected chi connectivity index (χ0v) is 12.1. The molecule has 112 valence electrons. The van der Waals surface area contributed by atoms with Crippen LogP contribution in [0.3, 0.4) is 0 Å². The van der Waals surface area contributed by atoms with Crippen molar-refractivity contribution < 1.29 is 14.8 Å². The molecule has 0 aliphatic rings. The maximum absolute atomic E-state index is 11.8. The molecule has 0 aromatic carbocycles. The molecular weight excluding hydrogens is 264 g/mol. The van der Waals surface area contributed by atoms with Crippen LogP contribution in [0.2, 0.25) is 0 Å². The molecule has 0 spiro atoms. The Kier molecular flexibility index (Phi) is 4.49. The Balaban J connectivity index is 2.53. The molecule has 8 nitrogen and oxygen atoms in total. The average molecular weight is 284 g/mol. The van der Waals surface area contributed by atoms with Crippen LogP contribution in [0.1, 0.15) is 34.1 Å². The van der Waals surface area contributed by atoms with Gasteiger partial charge in [0.1, 0.15) is 6.20 Å². The minimum Gasteiger partial charge on any atom is -0.388 e. The zero-order valence-electron chi connectivity index (χ0n) is 12.1. The summed E-state index contributed by atoms with van der Waals surface area (Å²) in [6, 6.07) is 0. The lowest BCUT2D eigenvalue weighted by molar-refractivity contribution is -0.389. The van der Waals surface area contributed by atoms with Gasteiger partial charge in [-0.1, -0.05) is 0 Å². The van der Waals surface area contributed by atoms with Gasteiger partial charge in [0.25, 0.3) is 0 Å². The molecule has 0 aliphatic heterocycles. The van der Waals surface area contributed by atoms with Gasteiger partial charge in [-0.05, 0) is 37.6 Å². The Labute approximate surface area is 117 Å². The van der Waals surface area contributed by atoms with Crippen LogP contribution in [0, 0.1) is 10.1 Å². The molecule has 0 radical (unpaired) electrons. The van der Waals surface area contributed by atoms with Gasteiger partial charge >= 0.3 is 5.82 Å². The van der Waals surface area contributed by atoms with E-state index in [1.807, 2.05) is 0 Å². The summed E-state index contributed by atoms with van der Waals surface area (Å²) in [6.07, 6.45) is 2.73. The second kappa shape index (κ2) is 5.58. The number of carbonyl (C=O) groups is 1. The lowest BCUT2D eigenvalue weighted by atomic mass is 9.86. The van der Waals surface area contributed by atoms with Crippen molar-refractivity contribution in [1.29, 1.82) is 0 Å². The largest absolute Gasteiger partial charge is 0.388 e. The first kappa shape index (κ1) is 16.1. The smallest absolute Gasteiger partial charge is 0.381 e. The van der Waals surface area contributed by atoms with Crippen LogP contribution in [0.5, 0.6) is 0 Å². The van der Waals surface area contributed by atoms with Gasteiger partial charge in [0, 0.05) is 13.0 Å². The molecule has 1 aromatic rings. The van der Waals surface area contributed by atoms with Gasteiger partial charge in [-0.3, -0.25) is 4.79 Å². The number of nitrogens with zero attached hydrogens (tertiary/aromatic N) is 3. The first-order valence-electron chi connectivity index (χ1n) is 6.22. The molecule has 0 unspecified atom stereocenters. The molecule has 1 aromatic heterocycles. The monoisotopic (exact) mass is 284 g/mol. The number of nitrogens with one attached hydrogen (secondary N) is 1. The molecule has 0 aliphatic carbocycles. The number of aliphatic hydroxyl groups is 1. The molecule has 1 heterocycles. The predicted molar refractivity (Wildman–Crippen MR) is 72.0 cm³/mol. The zero-order chi connectivity index (χ0) is 15.6. The van der Waals surface area contributed by atoms with Crippen molar-refractivity contribution in [2.24, 2.45) is 0 Å². The van der Waals surface area contributed by atoms with Gasteiger partial charge in [-0.2, -0.15) is 0 Å². The van der Waals surface area contributed by atoms with Crippen molar-refractivity contribution in [3.8, 4) is 0 Å².